The van der Waals surface area contributed by atoms with Gasteiger partial charge in [-0.05, 0) is 79.1 Å². The largest absolute Gasteiger partial charge is 0.350 e. The molecule has 10 rings (SSSR count). The Balaban J connectivity index is 0.909. The number of nitrogens with zero attached hydrogens (tertiary/aromatic N) is 8. The van der Waals surface area contributed by atoms with Crippen LogP contribution in [0, 0.1) is 0 Å². The number of halogens is 2. The number of hydrogen-bond acceptors (Lipinski definition) is 9. The van der Waals surface area contributed by atoms with E-state index in [-0.39, 0.29) is 41.5 Å². The van der Waals surface area contributed by atoms with Gasteiger partial charge in [-0.1, -0.05) is 6.07 Å². The Morgan fingerprint density at radius 2 is 1.70 bits per heavy atom. The highest BCUT2D eigenvalue weighted by Gasteiger charge is 2.45. The Bertz CT molecular complexity index is 2680. The Kier molecular flexibility index (Phi) is 9.57. The zero-order valence-electron chi connectivity index (χ0n) is 34.0. The zero-order chi connectivity index (χ0) is 42.3. The second kappa shape index (κ2) is 15.0. The number of fused-ring (bicyclic) bond motifs is 4. The third kappa shape index (κ3) is 6.58. The number of benzene rings is 2. The van der Waals surface area contributed by atoms with Crippen molar-refractivity contribution in [1.29, 1.82) is 0 Å². The molecule has 1 N–H and O–H groups in total. The fraction of sp³-hybridized carbons (Fsp3) is 0.400. The topological polar surface area (TPSA) is 146 Å². The van der Waals surface area contributed by atoms with Crippen molar-refractivity contribution >= 4 is 51.9 Å². The summed E-state index contributed by atoms with van der Waals surface area (Å²) in [7, 11) is 1.91. The monoisotopic (exact) mass is 829 g/mol. The number of aryl methyl sites for hydroxylation is 2. The summed E-state index contributed by atoms with van der Waals surface area (Å²) in [5.74, 6) is -1.41. The van der Waals surface area contributed by atoms with Gasteiger partial charge in [-0.25, -0.2) is 8.78 Å². The van der Waals surface area contributed by atoms with Gasteiger partial charge in [0.05, 0.1) is 29.2 Å². The molecule has 2 aromatic carbocycles. The Hall–Kier alpha value is -6.29. The molecule has 14 nitrogen and oxygen atoms in total. The molecule has 5 aromatic rings. The molecule has 3 aromatic heterocycles. The van der Waals surface area contributed by atoms with Crippen LogP contribution in [-0.4, -0.2) is 95.8 Å². The lowest BCUT2D eigenvalue weighted by Gasteiger charge is -2.34. The molecule has 61 heavy (non-hydrogen) atoms. The number of hydrogen-bond donors (Lipinski definition) is 1. The molecule has 314 valence electrons. The van der Waals surface area contributed by atoms with Crippen molar-refractivity contribution in [3.63, 3.8) is 0 Å². The SMILES string of the molecule is CC(=O)N1CCc2c(c(N3CCCc4cc(-c5cn(C)c6ccncc56)c(C(F)F)cc43)nn2C2CCN(Cc3ccc4c(c3)C(=O)N(C3CCC(=O)NC3=O)C4=O)CC2)C1. The number of carbonyl (C=O) groups excluding carboxylic acids is 5. The minimum Gasteiger partial charge on any atom is -0.350 e. The zero-order valence-corrected chi connectivity index (χ0v) is 34.0. The smallest absolute Gasteiger partial charge is 0.264 e. The first-order valence-electron chi connectivity index (χ1n) is 21.0. The molecule has 2 saturated heterocycles. The fourth-order valence-electron chi connectivity index (χ4n) is 10.1. The van der Waals surface area contributed by atoms with Crippen LogP contribution in [0.15, 0.2) is 55.0 Å². The number of anilines is 2. The number of piperidine rings is 2. The molecule has 2 fully saturated rings. The van der Waals surface area contributed by atoms with Crippen LogP contribution in [0.3, 0.4) is 0 Å². The van der Waals surface area contributed by atoms with Crippen LogP contribution in [-0.2, 0) is 47.4 Å². The molecule has 5 aliphatic rings. The molecule has 0 saturated carbocycles. The van der Waals surface area contributed by atoms with Gasteiger partial charge in [0, 0.05) is 112 Å². The number of nitrogens with one attached hydrogen (secondary N) is 1. The summed E-state index contributed by atoms with van der Waals surface area (Å²) in [6, 6.07) is 9.75. The Morgan fingerprint density at radius 1 is 0.902 bits per heavy atom. The third-order valence-corrected chi connectivity index (χ3v) is 13.3. The van der Waals surface area contributed by atoms with E-state index in [0.29, 0.717) is 38.2 Å². The number of amides is 5. The second-order valence-electron chi connectivity index (χ2n) is 16.9. The molecule has 5 amide bonds. The summed E-state index contributed by atoms with van der Waals surface area (Å²) in [5.41, 5.74) is 7.23. The lowest BCUT2D eigenvalue weighted by Crippen LogP contribution is -2.54. The molecule has 8 heterocycles. The van der Waals surface area contributed by atoms with Crippen molar-refractivity contribution in [2.45, 2.75) is 83.5 Å². The van der Waals surface area contributed by atoms with Crippen LogP contribution in [0.4, 0.5) is 20.3 Å². The van der Waals surface area contributed by atoms with E-state index in [1.165, 1.54) is 0 Å². The number of likely N-dealkylation sites (tertiary alicyclic amines) is 1. The predicted molar refractivity (Wildman–Crippen MR) is 220 cm³/mol. The highest BCUT2D eigenvalue weighted by atomic mass is 19.3. The summed E-state index contributed by atoms with van der Waals surface area (Å²) in [6.45, 7) is 5.20. The van der Waals surface area contributed by atoms with Gasteiger partial charge in [0.1, 0.15) is 6.04 Å². The third-order valence-electron chi connectivity index (χ3n) is 13.3. The van der Waals surface area contributed by atoms with Crippen LogP contribution >= 0.6 is 0 Å². The van der Waals surface area contributed by atoms with Crippen molar-refractivity contribution in [2.75, 3.05) is 31.1 Å². The average Bonchev–Trinajstić information content (AvgIpc) is 3.88. The Labute approximate surface area is 350 Å². The molecule has 0 aliphatic carbocycles. The normalized spacial score (nSPS) is 19.8. The van der Waals surface area contributed by atoms with Gasteiger partial charge in [0.15, 0.2) is 5.82 Å². The van der Waals surface area contributed by atoms with Gasteiger partial charge in [-0.3, -0.25) is 48.8 Å². The maximum absolute atomic E-state index is 15.1. The van der Waals surface area contributed by atoms with Gasteiger partial charge in [-0.2, -0.15) is 5.10 Å². The van der Waals surface area contributed by atoms with E-state index in [1.807, 2.05) is 40.9 Å². The predicted octanol–water partition coefficient (Wildman–Crippen LogP) is 5.60. The standard InChI is InChI=1S/C45H45F2N9O5/c1-25(57)53-17-12-37-35(24-53)42(54-14-3-4-27-19-30(31(41(46)47)20-39(27)54)34-23-51(2)36-9-13-48-21-33(34)36)50-56(37)28-10-15-52(16-11-28)22-26-5-6-29-32(18-26)45(61)55(44(29)60)38-7-8-40(58)49-43(38)59/h5-6,9,13,18-21,23,28,38,41H,3-4,7-8,10-12,14-17,22,24H2,1-2H3,(H,49,58,59). The van der Waals surface area contributed by atoms with Gasteiger partial charge in [0.2, 0.25) is 17.7 Å². The molecule has 5 aliphatic heterocycles. The van der Waals surface area contributed by atoms with Crippen LogP contribution in [0.2, 0.25) is 0 Å². The molecule has 0 radical (unpaired) electrons. The highest BCUT2D eigenvalue weighted by molar-refractivity contribution is 6.23. The number of aromatic nitrogens is 4. The van der Waals surface area contributed by atoms with E-state index < -0.39 is 36.1 Å². The Morgan fingerprint density at radius 3 is 2.48 bits per heavy atom. The van der Waals surface area contributed by atoms with E-state index >= 15 is 8.78 Å². The highest BCUT2D eigenvalue weighted by Crippen LogP contribution is 2.45. The number of pyridine rings is 1. The van der Waals surface area contributed by atoms with Crippen LogP contribution in [0.5, 0.6) is 0 Å². The first-order chi connectivity index (χ1) is 29.4. The maximum Gasteiger partial charge on any atom is 0.264 e. The van der Waals surface area contributed by atoms with E-state index in [9.17, 15) is 24.0 Å². The molecule has 1 unspecified atom stereocenters. The summed E-state index contributed by atoms with van der Waals surface area (Å²) < 4.78 is 34.3. The summed E-state index contributed by atoms with van der Waals surface area (Å²) in [4.78, 5) is 75.1. The van der Waals surface area contributed by atoms with Gasteiger partial charge in [-0.15, -0.1) is 0 Å². The summed E-state index contributed by atoms with van der Waals surface area (Å²) >= 11 is 0. The quantitative estimate of drug-likeness (QED) is 0.207. The second-order valence-corrected chi connectivity index (χ2v) is 16.9. The maximum atomic E-state index is 15.1. The van der Waals surface area contributed by atoms with E-state index in [4.69, 9.17) is 5.10 Å². The van der Waals surface area contributed by atoms with Crippen molar-refractivity contribution in [3.8, 4) is 11.1 Å². The van der Waals surface area contributed by atoms with E-state index in [1.54, 1.807) is 37.5 Å². The molecule has 0 spiro atoms. The number of alkyl halides is 2. The minimum absolute atomic E-state index is 0.0211. The van der Waals surface area contributed by atoms with Crippen molar-refractivity contribution < 1.29 is 32.8 Å². The fourth-order valence-corrected chi connectivity index (χ4v) is 10.1. The van der Waals surface area contributed by atoms with Gasteiger partial charge in [0.25, 0.3) is 18.2 Å². The van der Waals surface area contributed by atoms with E-state index in [0.717, 1.165) is 94.0 Å². The number of imide groups is 2. The van der Waals surface area contributed by atoms with Crippen molar-refractivity contribution in [2.24, 2.45) is 7.05 Å². The van der Waals surface area contributed by atoms with Crippen LogP contribution in [0.25, 0.3) is 22.0 Å². The van der Waals surface area contributed by atoms with Crippen LogP contribution < -0.4 is 10.2 Å². The first-order valence-corrected chi connectivity index (χ1v) is 21.0. The van der Waals surface area contributed by atoms with Gasteiger partial charge < -0.3 is 14.4 Å². The summed E-state index contributed by atoms with van der Waals surface area (Å²) in [6.07, 6.45) is 6.55. The lowest BCUT2D eigenvalue weighted by atomic mass is 9.91. The molecule has 0 bridgehead atoms. The summed E-state index contributed by atoms with van der Waals surface area (Å²) in [5, 5.41) is 8.37. The van der Waals surface area contributed by atoms with E-state index in [2.05, 4.69) is 24.8 Å². The number of carbonyl (C=O) groups is 5. The van der Waals surface area contributed by atoms with Crippen LogP contribution in [0.1, 0.15) is 100 Å². The first kappa shape index (κ1) is 38.9. The molecular weight excluding hydrogens is 785 g/mol. The molecule has 1 atom stereocenters. The molecule has 16 heteroatoms. The van der Waals surface area contributed by atoms with Crippen molar-refractivity contribution in [3.05, 3.63) is 94.1 Å². The minimum atomic E-state index is -2.71. The van der Waals surface area contributed by atoms with Gasteiger partial charge >= 0.3 is 0 Å². The number of rotatable bonds is 7. The lowest BCUT2D eigenvalue weighted by molar-refractivity contribution is -0.136. The van der Waals surface area contributed by atoms with Crippen molar-refractivity contribution in [1.82, 2.24) is 39.3 Å². The average molecular weight is 830 g/mol. The molecular formula is C45H45F2N9O5.